The van der Waals surface area contributed by atoms with Crippen molar-refractivity contribution in [2.45, 2.75) is 17.9 Å². The lowest BCUT2D eigenvalue weighted by Gasteiger charge is -2.32. The summed E-state index contributed by atoms with van der Waals surface area (Å²) in [4.78, 5) is -0.0961. The molecule has 0 bridgehead atoms. The number of rotatable bonds is 2. The zero-order valence-electron chi connectivity index (χ0n) is 10.3. The van der Waals surface area contributed by atoms with E-state index < -0.39 is 15.8 Å². The molecule has 1 aliphatic heterocycles. The van der Waals surface area contributed by atoms with E-state index in [0.717, 1.165) is 12.1 Å². The fourth-order valence-corrected chi connectivity index (χ4v) is 3.97. The molecule has 108 valence electrons. The van der Waals surface area contributed by atoms with E-state index in [-0.39, 0.29) is 28.4 Å². The number of benzene rings is 1. The Hall–Kier alpha value is -0.400. The predicted molar refractivity (Wildman–Crippen MR) is 74.9 cm³/mol. The molecule has 4 nitrogen and oxygen atoms in total. The molecular formula is C11H15Cl2FN2O2S. The normalized spacial score (nSPS) is 20.9. The van der Waals surface area contributed by atoms with Crippen molar-refractivity contribution in [1.29, 1.82) is 0 Å². The van der Waals surface area contributed by atoms with Crippen LogP contribution in [0.5, 0.6) is 0 Å². The van der Waals surface area contributed by atoms with Gasteiger partial charge >= 0.3 is 0 Å². The van der Waals surface area contributed by atoms with Gasteiger partial charge in [-0.05, 0) is 25.1 Å². The summed E-state index contributed by atoms with van der Waals surface area (Å²) in [6.45, 7) is 3.36. The zero-order chi connectivity index (χ0) is 13.3. The average Bonchev–Trinajstić information content (AvgIpc) is 2.28. The van der Waals surface area contributed by atoms with Gasteiger partial charge in [0.25, 0.3) is 0 Å². The monoisotopic (exact) mass is 328 g/mol. The Kier molecular flexibility index (Phi) is 5.58. The van der Waals surface area contributed by atoms with Crippen LogP contribution in [0.4, 0.5) is 4.39 Å². The van der Waals surface area contributed by atoms with Crippen LogP contribution in [-0.2, 0) is 10.0 Å². The Morgan fingerprint density at radius 1 is 1.42 bits per heavy atom. The van der Waals surface area contributed by atoms with Gasteiger partial charge in [0.15, 0.2) is 0 Å². The maximum atomic E-state index is 13.2. The number of hydrogen-bond acceptors (Lipinski definition) is 3. The molecule has 1 aromatic rings. The summed E-state index contributed by atoms with van der Waals surface area (Å²) >= 11 is 5.70. The van der Waals surface area contributed by atoms with E-state index in [1.165, 1.54) is 10.4 Å². The predicted octanol–water partition coefficient (Wildman–Crippen LogP) is 1.88. The molecule has 1 unspecified atom stereocenters. The van der Waals surface area contributed by atoms with Crippen molar-refractivity contribution >= 4 is 34.0 Å². The van der Waals surface area contributed by atoms with Crippen molar-refractivity contribution in [3.8, 4) is 0 Å². The number of sulfonamides is 1. The van der Waals surface area contributed by atoms with E-state index in [1.807, 2.05) is 6.92 Å². The van der Waals surface area contributed by atoms with Gasteiger partial charge in [0.1, 0.15) is 5.82 Å². The minimum atomic E-state index is -3.69. The highest BCUT2D eigenvalue weighted by molar-refractivity contribution is 7.89. The quantitative estimate of drug-likeness (QED) is 0.901. The van der Waals surface area contributed by atoms with Crippen LogP contribution in [0.1, 0.15) is 6.92 Å². The van der Waals surface area contributed by atoms with Crippen LogP contribution in [-0.4, -0.2) is 38.4 Å². The van der Waals surface area contributed by atoms with E-state index >= 15 is 0 Å². The summed E-state index contributed by atoms with van der Waals surface area (Å²) in [5.41, 5.74) is 0. The number of halogens is 3. The van der Waals surface area contributed by atoms with E-state index in [0.29, 0.717) is 19.6 Å². The summed E-state index contributed by atoms with van der Waals surface area (Å²) in [6.07, 6.45) is 0. The van der Waals surface area contributed by atoms with Gasteiger partial charge in [-0.15, -0.1) is 12.4 Å². The smallest absolute Gasteiger partial charge is 0.243 e. The fraction of sp³-hybridized carbons (Fsp3) is 0.455. The number of piperazine rings is 1. The summed E-state index contributed by atoms with van der Waals surface area (Å²) in [6, 6.07) is 3.19. The van der Waals surface area contributed by atoms with Gasteiger partial charge < -0.3 is 5.32 Å². The molecule has 19 heavy (non-hydrogen) atoms. The van der Waals surface area contributed by atoms with Crippen molar-refractivity contribution in [2.24, 2.45) is 0 Å². The third-order valence-corrected chi connectivity index (χ3v) is 5.09. The molecule has 0 aromatic heterocycles. The maximum Gasteiger partial charge on any atom is 0.243 e. The van der Waals surface area contributed by atoms with Gasteiger partial charge in [0, 0.05) is 30.7 Å². The molecule has 0 spiro atoms. The minimum absolute atomic E-state index is 0. The van der Waals surface area contributed by atoms with Gasteiger partial charge in [-0.3, -0.25) is 0 Å². The molecule has 1 heterocycles. The van der Waals surface area contributed by atoms with Gasteiger partial charge in [-0.25, -0.2) is 12.8 Å². The molecule has 0 saturated carbocycles. The van der Waals surface area contributed by atoms with Crippen molar-refractivity contribution in [3.05, 3.63) is 29.0 Å². The molecule has 1 atom stereocenters. The average molecular weight is 329 g/mol. The molecule has 1 saturated heterocycles. The Bertz CT molecular complexity index is 533. The molecule has 1 aliphatic rings. The highest BCUT2D eigenvalue weighted by Gasteiger charge is 2.31. The summed E-state index contributed by atoms with van der Waals surface area (Å²) < 4.78 is 39.4. The van der Waals surface area contributed by atoms with Crippen LogP contribution in [0.15, 0.2) is 23.1 Å². The minimum Gasteiger partial charge on any atom is -0.314 e. The van der Waals surface area contributed by atoms with E-state index in [1.54, 1.807) is 0 Å². The SMILES string of the molecule is CC1CNCCN1S(=O)(=O)c1cc(F)cc(Cl)c1.Cl. The van der Waals surface area contributed by atoms with Crippen molar-refractivity contribution < 1.29 is 12.8 Å². The van der Waals surface area contributed by atoms with Crippen LogP contribution in [0.25, 0.3) is 0 Å². The molecule has 1 aromatic carbocycles. The molecule has 8 heteroatoms. The largest absolute Gasteiger partial charge is 0.314 e. The van der Waals surface area contributed by atoms with Crippen LogP contribution in [0, 0.1) is 5.82 Å². The summed E-state index contributed by atoms with van der Waals surface area (Å²) in [5, 5.41) is 3.18. The molecule has 1 fully saturated rings. The Balaban J connectivity index is 0.00000180. The third-order valence-electron chi connectivity index (χ3n) is 2.88. The van der Waals surface area contributed by atoms with Crippen molar-refractivity contribution in [3.63, 3.8) is 0 Å². The molecule has 0 aliphatic carbocycles. The lowest BCUT2D eigenvalue weighted by atomic mass is 10.3. The lowest BCUT2D eigenvalue weighted by molar-refractivity contribution is 0.284. The highest BCUT2D eigenvalue weighted by Crippen LogP contribution is 2.23. The topological polar surface area (TPSA) is 49.4 Å². The van der Waals surface area contributed by atoms with Crippen LogP contribution >= 0.6 is 24.0 Å². The first-order valence-electron chi connectivity index (χ1n) is 5.60. The van der Waals surface area contributed by atoms with E-state index in [4.69, 9.17) is 11.6 Å². The van der Waals surface area contributed by atoms with Gasteiger partial charge in [0.2, 0.25) is 10.0 Å². The number of hydrogen-bond donors (Lipinski definition) is 1. The fourth-order valence-electron chi connectivity index (χ4n) is 1.99. The number of nitrogens with zero attached hydrogens (tertiary/aromatic N) is 1. The third kappa shape index (κ3) is 3.58. The van der Waals surface area contributed by atoms with Gasteiger partial charge in [-0.1, -0.05) is 11.6 Å². The highest BCUT2D eigenvalue weighted by atomic mass is 35.5. The summed E-state index contributed by atoms with van der Waals surface area (Å²) in [5.74, 6) is -0.649. The maximum absolute atomic E-state index is 13.2. The Labute approximate surface area is 123 Å². The first-order valence-corrected chi connectivity index (χ1v) is 7.42. The van der Waals surface area contributed by atoms with Crippen molar-refractivity contribution in [2.75, 3.05) is 19.6 Å². The second-order valence-corrected chi connectivity index (χ2v) is 6.60. The molecule has 0 amide bonds. The first-order chi connectivity index (χ1) is 8.41. The van der Waals surface area contributed by atoms with Crippen LogP contribution in [0.3, 0.4) is 0 Å². The van der Waals surface area contributed by atoms with Crippen molar-refractivity contribution in [1.82, 2.24) is 9.62 Å². The second kappa shape index (κ2) is 6.37. The molecule has 1 N–H and O–H groups in total. The van der Waals surface area contributed by atoms with Gasteiger partial charge in [-0.2, -0.15) is 4.31 Å². The Morgan fingerprint density at radius 3 is 2.68 bits per heavy atom. The standard InChI is InChI=1S/C11H14ClFN2O2S.ClH/c1-8-7-14-2-3-15(8)18(16,17)11-5-9(12)4-10(13)6-11;/h4-6,8,14H,2-3,7H2,1H3;1H. The van der Waals surface area contributed by atoms with E-state index in [9.17, 15) is 12.8 Å². The molecular weight excluding hydrogens is 314 g/mol. The van der Waals surface area contributed by atoms with Gasteiger partial charge in [0.05, 0.1) is 4.90 Å². The Morgan fingerprint density at radius 2 is 2.11 bits per heavy atom. The van der Waals surface area contributed by atoms with Crippen LogP contribution < -0.4 is 5.32 Å². The number of nitrogens with one attached hydrogen (secondary N) is 1. The van der Waals surface area contributed by atoms with E-state index in [2.05, 4.69) is 5.32 Å². The zero-order valence-corrected chi connectivity index (χ0v) is 12.7. The molecule has 2 rings (SSSR count). The lowest BCUT2D eigenvalue weighted by Crippen LogP contribution is -2.52. The van der Waals surface area contributed by atoms with Crippen LogP contribution in [0.2, 0.25) is 5.02 Å². The first kappa shape index (κ1) is 16.7. The summed E-state index contributed by atoms with van der Waals surface area (Å²) in [7, 11) is -3.69. The molecule has 0 radical (unpaired) electrons. The second-order valence-electron chi connectivity index (χ2n) is 4.27.